The maximum atomic E-state index is 12.4. The number of hydrogen-bond acceptors (Lipinski definition) is 4. The summed E-state index contributed by atoms with van der Waals surface area (Å²) in [6, 6.07) is 6.39. The van der Waals surface area contributed by atoms with Gasteiger partial charge in [-0.1, -0.05) is 32.0 Å². The number of carbonyl (C=O) groups is 3. The molecule has 2 heterocycles. The van der Waals surface area contributed by atoms with E-state index in [9.17, 15) is 14.4 Å². The van der Waals surface area contributed by atoms with Gasteiger partial charge in [0, 0.05) is 18.5 Å². The standard InChI is InChI=1S/C17H20N2O4/c1-10(2)9-18-15(21)13-7-8-14(20)19(13)16-11-5-3-4-6-12(11)17(22)23-16/h3-6,10,13,16H,7-9H2,1-2H3,(H,18,21)/t13-,16-/m0/s1. The molecule has 1 saturated heterocycles. The Morgan fingerprint density at radius 1 is 1.35 bits per heavy atom. The number of cyclic esters (lactones) is 1. The van der Waals surface area contributed by atoms with Crippen molar-refractivity contribution in [3.05, 3.63) is 35.4 Å². The third-order valence-corrected chi connectivity index (χ3v) is 4.16. The first-order valence-corrected chi connectivity index (χ1v) is 7.88. The van der Waals surface area contributed by atoms with Gasteiger partial charge in [0.2, 0.25) is 18.0 Å². The highest BCUT2D eigenvalue weighted by Crippen LogP contribution is 2.38. The molecule has 0 bridgehead atoms. The minimum absolute atomic E-state index is 0.163. The zero-order valence-corrected chi connectivity index (χ0v) is 13.2. The van der Waals surface area contributed by atoms with Crippen LogP contribution in [0.25, 0.3) is 0 Å². The smallest absolute Gasteiger partial charge is 0.340 e. The molecule has 1 aromatic carbocycles. The summed E-state index contributed by atoms with van der Waals surface area (Å²) in [5.41, 5.74) is 1.10. The van der Waals surface area contributed by atoms with Crippen LogP contribution < -0.4 is 5.32 Å². The maximum absolute atomic E-state index is 12.4. The fourth-order valence-electron chi connectivity index (χ4n) is 3.01. The minimum Gasteiger partial charge on any atom is -0.433 e. The Morgan fingerprint density at radius 2 is 2.09 bits per heavy atom. The first-order chi connectivity index (χ1) is 11.0. The third-order valence-electron chi connectivity index (χ3n) is 4.16. The van der Waals surface area contributed by atoms with Crippen molar-refractivity contribution in [3.8, 4) is 0 Å². The van der Waals surface area contributed by atoms with E-state index in [2.05, 4.69) is 5.32 Å². The Hall–Kier alpha value is -2.37. The van der Waals surface area contributed by atoms with Crippen molar-refractivity contribution in [3.63, 3.8) is 0 Å². The molecule has 2 amide bonds. The highest BCUT2D eigenvalue weighted by molar-refractivity contribution is 5.96. The van der Waals surface area contributed by atoms with Gasteiger partial charge in [-0.3, -0.25) is 14.5 Å². The quantitative estimate of drug-likeness (QED) is 0.857. The number of benzene rings is 1. The van der Waals surface area contributed by atoms with Crippen LogP contribution in [0.5, 0.6) is 0 Å². The summed E-state index contributed by atoms with van der Waals surface area (Å²) in [4.78, 5) is 38.1. The van der Waals surface area contributed by atoms with E-state index in [-0.39, 0.29) is 18.2 Å². The number of esters is 1. The number of fused-ring (bicyclic) bond motifs is 1. The average Bonchev–Trinajstić information content (AvgIpc) is 3.06. The zero-order chi connectivity index (χ0) is 16.6. The lowest BCUT2D eigenvalue weighted by atomic mass is 10.1. The van der Waals surface area contributed by atoms with Crippen molar-refractivity contribution >= 4 is 17.8 Å². The van der Waals surface area contributed by atoms with E-state index in [4.69, 9.17) is 4.74 Å². The Kier molecular flexibility index (Phi) is 4.07. The van der Waals surface area contributed by atoms with Crippen molar-refractivity contribution in [1.82, 2.24) is 10.2 Å². The summed E-state index contributed by atoms with van der Waals surface area (Å²) in [6.07, 6.45) is -0.0712. The Bertz CT molecular complexity index is 656. The lowest BCUT2D eigenvalue weighted by Gasteiger charge is -2.29. The molecule has 2 atom stereocenters. The van der Waals surface area contributed by atoms with Gasteiger partial charge in [-0.25, -0.2) is 4.79 Å². The number of ether oxygens (including phenoxy) is 1. The number of carbonyl (C=O) groups excluding carboxylic acids is 3. The van der Waals surface area contributed by atoms with E-state index in [1.54, 1.807) is 24.3 Å². The lowest BCUT2D eigenvalue weighted by molar-refractivity contribution is -0.145. The van der Waals surface area contributed by atoms with Gasteiger partial charge in [0.05, 0.1) is 5.56 Å². The van der Waals surface area contributed by atoms with Gasteiger partial charge in [-0.05, 0) is 18.4 Å². The van der Waals surface area contributed by atoms with Gasteiger partial charge < -0.3 is 10.1 Å². The second kappa shape index (κ2) is 6.02. The van der Waals surface area contributed by atoms with Crippen molar-refractivity contribution in [1.29, 1.82) is 0 Å². The number of hydrogen-bond donors (Lipinski definition) is 1. The number of nitrogens with zero attached hydrogens (tertiary/aromatic N) is 1. The molecule has 122 valence electrons. The van der Waals surface area contributed by atoms with Crippen LogP contribution >= 0.6 is 0 Å². The van der Waals surface area contributed by atoms with Crippen LogP contribution in [-0.2, 0) is 14.3 Å². The highest BCUT2D eigenvalue weighted by atomic mass is 16.6. The van der Waals surface area contributed by atoms with Crippen LogP contribution in [-0.4, -0.2) is 35.3 Å². The van der Waals surface area contributed by atoms with E-state index >= 15 is 0 Å². The Morgan fingerprint density at radius 3 is 2.83 bits per heavy atom. The molecule has 1 fully saturated rings. The van der Waals surface area contributed by atoms with Gasteiger partial charge in [-0.2, -0.15) is 0 Å². The number of amides is 2. The predicted molar refractivity (Wildman–Crippen MR) is 82.3 cm³/mol. The third kappa shape index (κ3) is 2.81. The molecule has 2 aliphatic rings. The van der Waals surface area contributed by atoms with Crippen LogP contribution in [0.2, 0.25) is 0 Å². The largest absolute Gasteiger partial charge is 0.433 e. The molecule has 0 unspecified atom stereocenters. The van der Waals surface area contributed by atoms with Crippen LogP contribution in [0.4, 0.5) is 0 Å². The predicted octanol–water partition coefficient (Wildman–Crippen LogP) is 1.62. The van der Waals surface area contributed by atoms with Gasteiger partial charge in [0.1, 0.15) is 6.04 Å². The zero-order valence-electron chi connectivity index (χ0n) is 13.2. The van der Waals surface area contributed by atoms with Crippen molar-refractivity contribution in [2.45, 2.75) is 39.0 Å². The molecule has 0 spiro atoms. The van der Waals surface area contributed by atoms with Gasteiger partial charge in [-0.15, -0.1) is 0 Å². The number of likely N-dealkylation sites (tertiary alicyclic amines) is 1. The monoisotopic (exact) mass is 316 g/mol. The van der Waals surface area contributed by atoms with Crippen LogP contribution in [0.15, 0.2) is 24.3 Å². The SMILES string of the molecule is CC(C)CNC(=O)[C@@H]1CCC(=O)N1[C@H]1OC(=O)c2ccccc21. The van der Waals surface area contributed by atoms with E-state index in [0.29, 0.717) is 30.0 Å². The summed E-state index contributed by atoms with van der Waals surface area (Å²) in [5, 5.41) is 2.86. The summed E-state index contributed by atoms with van der Waals surface area (Å²) in [5.74, 6) is -0.477. The molecule has 23 heavy (non-hydrogen) atoms. The Balaban J connectivity index is 1.84. The van der Waals surface area contributed by atoms with E-state index < -0.39 is 18.2 Å². The van der Waals surface area contributed by atoms with Crippen molar-refractivity contribution < 1.29 is 19.1 Å². The van der Waals surface area contributed by atoms with Crippen molar-refractivity contribution in [2.24, 2.45) is 5.92 Å². The average molecular weight is 316 g/mol. The summed E-state index contributed by atoms with van der Waals surface area (Å²) in [7, 11) is 0. The fraction of sp³-hybridized carbons (Fsp3) is 0.471. The maximum Gasteiger partial charge on any atom is 0.340 e. The van der Waals surface area contributed by atoms with Crippen LogP contribution in [0, 0.1) is 5.92 Å². The second-order valence-corrected chi connectivity index (χ2v) is 6.34. The van der Waals surface area contributed by atoms with Gasteiger partial charge >= 0.3 is 5.97 Å². The van der Waals surface area contributed by atoms with E-state index in [0.717, 1.165) is 0 Å². The molecule has 3 rings (SSSR count). The lowest BCUT2D eigenvalue weighted by Crippen LogP contribution is -2.47. The van der Waals surface area contributed by atoms with Gasteiger partial charge in [0.25, 0.3) is 0 Å². The van der Waals surface area contributed by atoms with Crippen LogP contribution in [0.1, 0.15) is 48.8 Å². The molecule has 0 saturated carbocycles. The summed E-state index contributed by atoms with van der Waals surface area (Å²) < 4.78 is 5.38. The molecule has 2 aliphatic heterocycles. The Labute approximate surface area is 134 Å². The fourth-order valence-corrected chi connectivity index (χ4v) is 3.01. The molecular weight excluding hydrogens is 296 g/mol. The topological polar surface area (TPSA) is 75.7 Å². The first-order valence-electron chi connectivity index (χ1n) is 7.88. The van der Waals surface area contributed by atoms with E-state index in [1.165, 1.54) is 4.90 Å². The molecule has 6 heteroatoms. The molecule has 0 radical (unpaired) electrons. The second-order valence-electron chi connectivity index (χ2n) is 6.34. The molecular formula is C17H20N2O4. The molecule has 0 aliphatic carbocycles. The van der Waals surface area contributed by atoms with Gasteiger partial charge in [0.15, 0.2) is 0 Å². The van der Waals surface area contributed by atoms with Crippen LogP contribution in [0.3, 0.4) is 0 Å². The first kappa shape index (κ1) is 15.5. The molecule has 1 N–H and O–H groups in total. The highest BCUT2D eigenvalue weighted by Gasteiger charge is 2.46. The number of rotatable bonds is 4. The molecule has 0 aromatic heterocycles. The molecule has 1 aromatic rings. The van der Waals surface area contributed by atoms with E-state index in [1.807, 2.05) is 13.8 Å². The summed E-state index contributed by atoms with van der Waals surface area (Å²) in [6.45, 7) is 4.57. The van der Waals surface area contributed by atoms with Crippen molar-refractivity contribution in [2.75, 3.05) is 6.54 Å². The number of nitrogens with one attached hydrogen (secondary N) is 1. The molecule has 6 nitrogen and oxygen atoms in total. The minimum atomic E-state index is -0.802. The normalized spacial score (nSPS) is 23.2. The summed E-state index contributed by atoms with van der Waals surface area (Å²) >= 11 is 0.